The molecule has 0 saturated carbocycles. The van der Waals surface area contributed by atoms with Crippen LogP contribution in [0, 0.1) is 0 Å². The average Bonchev–Trinajstić information content (AvgIpc) is 2.15. The van der Waals surface area contributed by atoms with Crippen LogP contribution in [-0.2, 0) is 10.1 Å². The molecule has 0 radical (unpaired) electrons. The third-order valence-electron chi connectivity index (χ3n) is 1.79. The number of anilines is 1. The van der Waals surface area contributed by atoms with E-state index in [-0.39, 0.29) is 68.6 Å². The van der Waals surface area contributed by atoms with E-state index in [1.165, 1.54) is 20.3 Å². The number of ether oxygens (including phenoxy) is 2. The Morgan fingerprint density at radius 3 is 2.06 bits per heavy atom. The molecule has 0 unspecified atom stereocenters. The van der Waals surface area contributed by atoms with Gasteiger partial charge in [-0.3, -0.25) is 0 Å². The molecule has 0 aliphatic heterocycles. The van der Waals surface area contributed by atoms with E-state index in [0.29, 0.717) is 0 Å². The van der Waals surface area contributed by atoms with Crippen molar-refractivity contribution in [3.05, 3.63) is 12.1 Å². The number of nitrogens with two attached hydrogens (primary N) is 1. The van der Waals surface area contributed by atoms with Gasteiger partial charge in [-0.25, -0.2) is 8.42 Å². The minimum absolute atomic E-state index is 0. The Morgan fingerprint density at radius 1 is 1.19 bits per heavy atom. The largest absolute Gasteiger partial charge is 1.00 e. The Hall–Kier alpha value is 0.166. The number of benzene rings is 1. The maximum absolute atomic E-state index is 10.9. The maximum atomic E-state index is 10.9. The molecule has 8 heteroatoms. The van der Waals surface area contributed by atoms with Gasteiger partial charge in [-0.05, 0) is 0 Å². The molecule has 1 rings (SSSR count). The molecule has 0 spiro atoms. The molecule has 6 nitrogen and oxygen atoms in total. The summed E-state index contributed by atoms with van der Waals surface area (Å²) in [6.07, 6.45) is 0. The van der Waals surface area contributed by atoms with Gasteiger partial charge in [0.15, 0.2) is 0 Å². The molecular formula is C8H10KNO5S. The van der Waals surface area contributed by atoms with Gasteiger partial charge in [0.2, 0.25) is 0 Å². The van der Waals surface area contributed by atoms with Gasteiger partial charge in [0.05, 0.1) is 19.9 Å². The van der Waals surface area contributed by atoms with Crippen molar-refractivity contribution in [3.8, 4) is 11.5 Å². The summed E-state index contributed by atoms with van der Waals surface area (Å²) in [6.45, 7) is 0. The second-order valence-corrected chi connectivity index (χ2v) is 4.05. The van der Waals surface area contributed by atoms with Gasteiger partial charge in [-0.2, -0.15) is 0 Å². The van der Waals surface area contributed by atoms with E-state index in [1.807, 2.05) is 0 Å². The third kappa shape index (κ3) is 3.59. The molecule has 0 atom stereocenters. The van der Waals surface area contributed by atoms with Gasteiger partial charge in [0, 0.05) is 12.1 Å². The number of hydrogen-bond donors (Lipinski definition) is 1. The van der Waals surface area contributed by atoms with Crippen molar-refractivity contribution in [2.45, 2.75) is 4.90 Å². The van der Waals surface area contributed by atoms with Gasteiger partial charge < -0.3 is 19.8 Å². The molecule has 84 valence electrons. The van der Waals surface area contributed by atoms with E-state index in [2.05, 4.69) is 0 Å². The van der Waals surface area contributed by atoms with Crippen LogP contribution in [0.15, 0.2) is 17.0 Å². The van der Waals surface area contributed by atoms with Crippen molar-refractivity contribution in [1.82, 2.24) is 0 Å². The third-order valence-corrected chi connectivity index (χ3v) is 2.64. The number of hydrogen-bond acceptors (Lipinski definition) is 6. The fourth-order valence-corrected chi connectivity index (χ4v) is 1.73. The van der Waals surface area contributed by atoms with Crippen LogP contribution in [0.1, 0.15) is 0 Å². The normalized spacial score (nSPS) is 10.4. The second-order valence-electron chi connectivity index (χ2n) is 2.70. The average molecular weight is 271 g/mol. The Morgan fingerprint density at radius 2 is 1.69 bits per heavy atom. The number of methoxy groups -OCH3 is 2. The van der Waals surface area contributed by atoms with E-state index in [9.17, 15) is 13.0 Å². The van der Waals surface area contributed by atoms with Crippen molar-refractivity contribution in [2.24, 2.45) is 0 Å². The summed E-state index contributed by atoms with van der Waals surface area (Å²) in [5.41, 5.74) is 5.71. The second kappa shape index (κ2) is 6.19. The molecule has 0 aromatic heterocycles. The quantitative estimate of drug-likeness (QED) is 0.362. The summed E-state index contributed by atoms with van der Waals surface area (Å²) in [5.74, 6) is 0.0218. The molecule has 2 N–H and O–H groups in total. The first-order chi connectivity index (χ1) is 6.90. The predicted octanol–water partition coefficient (Wildman–Crippen LogP) is -2.81. The molecule has 0 saturated heterocycles. The van der Waals surface area contributed by atoms with Crippen LogP contribution >= 0.6 is 0 Å². The summed E-state index contributed by atoms with van der Waals surface area (Å²) in [7, 11) is -2.04. The predicted molar refractivity (Wildman–Crippen MR) is 51.9 cm³/mol. The molecule has 0 amide bonds. The fourth-order valence-electron chi connectivity index (χ4n) is 1.09. The Balaban J connectivity index is 0.00000225. The van der Waals surface area contributed by atoms with Crippen LogP contribution in [0.4, 0.5) is 5.69 Å². The Bertz CT molecular complexity index is 474. The molecule has 0 heterocycles. The molecule has 1 aromatic carbocycles. The van der Waals surface area contributed by atoms with Crippen LogP contribution in [0.5, 0.6) is 11.5 Å². The zero-order valence-electron chi connectivity index (χ0n) is 9.18. The van der Waals surface area contributed by atoms with E-state index in [1.54, 1.807) is 0 Å². The number of rotatable bonds is 3. The van der Waals surface area contributed by atoms with Crippen molar-refractivity contribution >= 4 is 15.8 Å². The van der Waals surface area contributed by atoms with Crippen LogP contribution < -0.4 is 66.6 Å². The van der Waals surface area contributed by atoms with E-state index >= 15 is 0 Å². The van der Waals surface area contributed by atoms with E-state index in [0.717, 1.165) is 6.07 Å². The standard InChI is InChI=1S/C8H11NO5S.K/c1-13-6-4-8(15(10,11)12)7(14-2)3-5(6)9;/h3-4H,9H2,1-2H3,(H,10,11,12);/q;+1/p-1. The first-order valence-electron chi connectivity index (χ1n) is 3.87. The van der Waals surface area contributed by atoms with Gasteiger partial charge in [0.1, 0.15) is 26.5 Å². The summed E-state index contributed by atoms with van der Waals surface area (Å²) in [5, 5.41) is 0. The summed E-state index contributed by atoms with van der Waals surface area (Å²) in [6, 6.07) is 2.26. The van der Waals surface area contributed by atoms with E-state index < -0.39 is 15.0 Å². The Labute approximate surface area is 136 Å². The van der Waals surface area contributed by atoms with Crippen LogP contribution in [-0.4, -0.2) is 27.2 Å². The summed E-state index contributed by atoms with van der Waals surface area (Å²) >= 11 is 0. The van der Waals surface area contributed by atoms with Crippen LogP contribution in [0.3, 0.4) is 0 Å². The van der Waals surface area contributed by atoms with Crippen molar-refractivity contribution in [3.63, 3.8) is 0 Å². The number of nitrogen functional groups attached to an aromatic ring is 1. The fraction of sp³-hybridized carbons (Fsp3) is 0.250. The first kappa shape index (κ1) is 16.2. The van der Waals surface area contributed by atoms with Crippen LogP contribution in [0.25, 0.3) is 0 Å². The summed E-state index contributed by atoms with van der Waals surface area (Å²) in [4.78, 5) is -0.490. The summed E-state index contributed by atoms with van der Waals surface area (Å²) < 4.78 is 42.1. The van der Waals surface area contributed by atoms with E-state index in [4.69, 9.17) is 15.2 Å². The smallest absolute Gasteiger partial charge is 0.744 e. The maximum Gasteiger partial charge on any atom is 1.00 e. The Kier molecular flexibility index (Phi) is 6.26. The van der Waals surface area contributed by atoms with Gasteiger partial charge in [-0.15, -0.1) is 0 Å². The van der Waals surface area contributed by atoms with Crippen molar-refractivity contribution in [2.75, 3.05) is 20.0 Å². The van der Waals surface area contributed by atoms with Gasteiger partial charge >= 0.3 is 51.4 Å². The molecule has 0 fully saturated rings. The van der Waals surface area contributed by atoms with Crippen molar-refractivity contribution in [1.29, 1.82) is 0 Å². The molecule has 0 bridgehead atoms. The monoisotopic (exact) mass is 271 g/mol. The van der Waals surface area contributed by atoms with Crippen LogP contribution in [0.2, 0.25) is 0 Å². The molecule has 0 aliphatic rings. The zero-order chi connectivity index (χ0) is 11.6. The minimum atomic E-state index is -4.61. The first-order valence-corrected chi connectivity index (χ1v) is 5.28. The van der Waals surface area contributed by atoms with Crippen molar-refractivity contribution < 1.29 is 73.8 Å². The van der Waals surface area contributed by atoms with Gasteiger partial charge in [0.25, 0.3) is 0 Å². The minimum Gasteiger partial charge on any atom is -0.744 e. The molecule has 0 aliphatic carbocycles. The molecule has 16 heavy (non-hydrogen) atoms. The molecular weight excluding hydrogens is 261 g/mol. The topological polar surface area (TPSA) is 102 Å². The molecule has 1 aromatic rings. The van der Waals surface area contributed by atoms with Gasteiger partial charge in [-0.1, -0.05) is 0 Å². The zero-order valence-corrected chi connectivity index (χ0v) is 13.1. The SMILES string of the molecule is COc1cc(S(=O)(=O)[O-])c(OC)cc1N.[K+].